The molecule has 2 heterocycles. The largest absolute Gasteiger partial charge is 0.493 e. The Labute approximate surface area is 132 Å². The van der Waals surface area contributed by atoms with Gasteiger partial charge in [-0.1, -0.05) is 25.4 Å². The van der Waals surface area contributed by atoms with E-state index in [-0.39, 0.29) is 6.10 Å². The highest BCUT2D eigenvalue weighted by molar-refractivity contribution is 6.30. The Morgan fingerprint density at radius 1 is 1.38 bits per heavy atom. The number of halogens is 1. The van der Waals surface area contributed by atoms with E-state index in [0.29, 0.717) is 12.0 Å². The molecule has 0 saturated carbocycles. The van der Waals surface area contributed by atoms with Crippen molar-refractivity contribution < 1.29 is 9.47 Å². The van der Waals surface area contributed by atoms with Crippen LogP contribution in [0.25, 0.3) is 0 Å². The third-order valence-electron chi connectivity index (χ3n) is 4.57. The van der Waals surface area contributed by atoms with Gasteiger partial charge in [0.1, 0.15) is 5.75 Å². The molecule has 0 radical (unpaired) electrons. The second-order valence-electron chi connectivity index (χ2n) is 6.12. The van der Waals surface area contributed by atoms with Gasteiger partial charge in [0, 0.05) is 24.1 Å². The highest BCUT2D eigenvalue weighted by Gasteiger charge is 2.32. The van der Waals surface area contributed by atoms with Crippen molar-refractivity contribution in [2.24, 2.45) is 5.92 Å². The lowest BCUT2D eigenvalue weighted by Crippen LogP contribution is -2.43. The van der Waals surface area contributed by atoms with E-state index in [1.54, 1.807) is 0 Å². The average Bonchev–Trinajstić information content (AvgIpc) is 3.06. The van der Waals surface area contributed by atoms with Crippen LogP contribution in [0.4, 0.5) is 0 Å². The molecule has 3 unspecified atom stereocenters. The van der Waals surface area contributed by atoms with Crippen molar-refractivity contribution in [3.8, 4) is 5.75 Å². The molecule has 1 aromatic rings. The molecule has 1 aromatic carbocycles. The number of fused-ring (bicyclic) bond motifs is 1. The van der Waals surface area contributed by atoms with Crippen LogP contribution in [0.3, 0.4) is 0 Å². The maximum Gasteiger partial charge on any atom is 0.125 e. The van der Waals surface area contributed by atoms with Crippen LogP contribution in [-0.4, -0.2) is 31.9 Å². The lowest BCUT2D eigenvalue weighted by molar-refractivity contribution is 0.0613. The van der Waals surface area contributed by atoms with Crippen LogP contribution in [0.1, 0.15) is 31.4 Å². The minimum absolute atomic E-state index is 0.279. The van der Waals surface area contributed by atoms with Crippen molar-refractivity contribution in [3.63, 3.8) is 0 Å². The molecule has 0 aliphatic carbocycles. The Balaban J connectivity index is 1.83. The maximum absolute atomic E-state index is 6.27. The molecule has 116 valence electrons. The minimum Gasteiger partial charge on any atom is -0.493 e. The Kier molecular flexibility index (Phi) is 4.72. The lowest BCUT2D eigenvalue weighted by atomic mass is 9.92. The number of nitrogens with one attached hydrogen (secondary N) is 1. The molecule has 0 bridgehead atoms. The normalized spacial score (nSPS) is 25.7. The average molecular weight is 310 g/mol. The van der Waals surface area contributed by atoms with Gasteiger partial charge in [0.2, 0.25) is 0 Å². The summed E-state index contributed by atoms with van der Waals surface area (Å²) in [4.78, 5) is 0. The van der Waals surface area contributed by atoms with Gasteiger partial charge < -0.3 is 14.8 Å². The first-order valence-corrected chi connectivity index (χ1v) is 8.36. The number of hydrogen-bond acceptors (Lipinski definition) is 3. The Morgan fingerprint density at radius 3 is 2.95 bits per heavy atom. The second kappa shape index (κ2) is 6.55. The maximum atomic E-state index is 6.27. The van der Waals surface area contributed by atoms with Crippen molar-refractivity contribution in [3.05, 3.63) is 28.3 Å². The monoisotopic (exact) mass is 309 g/mol. The quantitative estimate of drug-likeness (QED) is 0.906. The Hall–Kier alpha value is -0.770. The molecule has 0 amide bonds. The summed E-state index contributed by atoms with van der Waals surface area (Å²) in [6, 6.07) is 4.40. The van der Waals surface area contributed by atoms with Gasteiger partial charge >= 0.3 is 0 Å². The van der Waals surface area contributed by atoms with Crippen molar-refractivity contribution in [2.45, 2.75) is 45.3 Å². The third kappa shape index (κ3) is 3.20. The van der Waals surface area contributed by atoms with Gasteiger partial charge in [-0.2, -0.15) is 0 Å². The van der Waals surface area contributed by atoms with Gasteiger partial charge in [-0.15, -0.1) is 0 Å². The zero-order valence-electron chi connectivity index (χ0n) is 12.8. The number of hydrogen-bond donors (Lipinski definition) is 1. The highest BCUT2D eigenvalue weighted by atomic mass is 35.5. The topological polar surface area (TPSA) is 30.5 Å². The third-order valence-corrected chi connectivity index (χ3v) is 4.79. The Morgan fingerprint density at radius 2 is 2.24 bits per heavy atom. The first kappa shape index (κ1) is 15.1. The molecule has 3 atom stereocenters. The van der Waals surface area contributed by atoms with Gasteiger partial charge in [-0.3, -0.25) is 0 Å². The van der Waals surface area contributed by atoms with Gasteiger partial charge in [-0.25, -0.2) is 0 Å². The van der Waals surface area contributed by atoms with Gasteiger partial charge in [0.25, 0.3) is 0 Å². The van der Waals surface area contributed by atoms with Crippen molar-refractivity contribution >= 4 is 11.6 Å². The molecule has 2 aliphatic heterocycles. The first-order chi connectivity index (χ1) is 10.2. The standard InChI is InChI=1S/C17H24ClNO2/c1-3-19-15(16-11(2)4-6-20-16)10-13-9-14(18)8-12-5-7-21-17(12)13/h8-9,11,15-16,19H,3-7,10H2,1-2H3. The van der Waals surface area contributed by atoms with Crippen LogP contribution >= 0.6 is 11.6 Å². The van der Waals surface area contributed by atoms with Crippen LogP contribution in [0.15, 0.2) is 12.1 Å². The molecule has 0 aromatic heterocycles. The molecular formula is C17H24ClNO2. The molecule has 21 heavy (non-hydrogen) atoms. The molecule has 0 spiro atoms. The number of rotatable bonds is 5. The summed E-state index contributed by atoms with van der Waals surface area (Å²) in [6.07, 6.45) is 3.30. The molecule has 3 nitrogen and oxygen atoms in total. The van der Waals surface area contributed by atoms with Gasteiger partial charge in [-0.05, 0) is 48.6 Å². The summed E-state index contributed by atoms with van der Waals surface area (Å²) < 4.78 is 11.8. The predicted molar refractivity (Wildman–Crippen MR) is 85.3 cm³/mol. The molecule has 4 heteroatoms. The van der Waals surface area contributed by atoms with Gasteiger partial charge in [0.05, 0.1) is 12.7 Å². The Bertz CT molecular complexity index is 506. The first-order valence-electron chi connectivity index (χ1n) is 7.98. The molecule has 1 N–H and O–H groups in total. The van der Waals surface area contributed by atoms with Crippen LogP contribution in [0.2, 0.25) is 5.02 Å². The van der Waals surface area contributed by atoms with E-state index in [2.05, 4.69) is 25.2 Å². The van der Waals surface area contributed by atoms with E-state index in [1.165, 1.54) is 11.1 Å². The number of likely N-dealkylation sites (N-methyl/N-ethyl adjacent to an activating group) is 1. The van der Waals surface area contributed by atoms with Crippen LogP contribution in [0.5, 0.6) is 5.75 Å². The lowest BCUT2D eigenvalue weighted by Gasteiger charge is -2.27. The summed E-state index contributed by atoms with van der Waals surface area (Å²) in [5.74, 6) is 1.65. The van der Waals surface area contributed by atoms with E-state index in [0.717, 1.165) is 49.8 Å². The predicted octanol–water partition coefficient (Wildman–Crippen LogP) is 3.22. The number of benzene rings is 1. The summed E-state index contributed by atoms with van der Waals surface area (Å²) in [5, 5.41) is 4.40. The molecule has 1 fully saturated rings. The highest BCUT2D eigenvalue weighted by Crippen LogP contribution is 2.35. The van der Waals surface area contributed by atoms with E-state index >= 15 is 0 Å². The summed E-state index contributed by atoms with van der Waals surface area (Å²) in [6.45, 7) is 7.01. The molecule has 3 rings (SSSR count). The number of ether oxygens (including phenoxy) is 2. The molecular weight excluding hydrogens is 286 g/mol. The second-order valence-corrected chi connectivity index (χ2v) is 6.56. The van der Waals surface area contributed by atoms with Gasteiger partial charge in [0.15, 0.2) is 0 Å². The van der Waals surface area contributed by atoms with E-state index in [9.17, 15) is 0 Å². The van der Waals surface area contributed by atoms with E-state index in [4.69, 9.17) is 21.1 Å². The van der Waals surface area contributed by atoms with E-state index in [1.807, 2.05) is 6.07 Å². The van der Waals surface area contributed by atoms with Crippen molar-refractivity contribution in [1.29, 1.82) is 0 Å². The fourth-order valence-corrected chi connectivity index (χ4v) is 3.80. The summed E-state index contributed by atoms with van der Waals surface area (Å²) >= 11 is 6.27. The van der Waals surface area contributed by atoms with Crippen LogP contribution in [-0.2, 0) is 17.6 Å². The van der Waals surface area contributed by atoms with Crippen LogP contribution in [0, 0.1) is 5.92 Å². The molecule has 2 aliphatic rings. The smallest absolute Gasteiger partial charge is 0.125 e. The summed E-state index contributed by atoms with van der Waals surface area (Å²) in [5.41, 5.74) is 2.46. The van der Waals surface area contributed by atoms with Crippen LogP contribution < -0.4 is 10.1 Å². The molecule has 1 saturated heterocycles. The zero-order chi connectivity index (χ0) is 14.8. The SMILES string of the molecule is CCNC(Cc1cc(Cl)cc2c1OCC2)C1OCCC1C. The summed E-state index contributed by atoms with van der Waals surface area (Å²) in [7, 11) is 0. The fourth-order valence-electron chi connectivity index (χ4n) is 3.53. The van der Waals surface area contributed by atoms with Crippen molar-refractivity contribution in [1.82, 2.24) is 5.32 Å². The van der Waals surface area contributed by atoms with E-state index < -0.39 is 0 Å². The minimum atomic E-state index is 0.279. The van der Waals surface area contributed by atoms with Crippen molar-refractivity contribution in [2.75, 3.05) is 19.8 Å². The fraction of sp³-hybridized carbons (Fsp3) is 0.647. The zero-order valence-corrected chi connectivity index (χ0v) is 13.6.